The number of hydrogen-bond acceptors (Lipinski definition) is 3. The highest BCUT2D eigenvalue weighted by Gasteiger charge is 2.30. The van der Waals surface area contributed by atoms with Crippen LogP contribution in [0.3, 0.4) is 0 Å². The van der Waals surface area contributed by atoms with E-state index in [2.05, 4.69) is 5.32 Å². The van der Waals surface area contributed by atoms with Crippen molar-refractivity contribution in [2.75, 3.05) is 22.4 Å². The highest BCUT2D eigenvalue weighted by atomic mass is 35.5. The third-order valence-electron chi connectivity index (χ3n) is 3.32. The summed E-state index contributed by atoms with van der Waals surface area (Å²) < 4.78 is 62.5. The molecule has 2 rings (SSSR count). The summed E-state index contributed by atoms with van der Waals surface area (Å²) in [6.07, 6.45) is -3.69. The Hall–Kier alpha value is -2.26. The molecule has 2 aromatic rings. The van der Waals surface area contributed by atoms with Gasteiger partial charge in [-0.15, -0.1) is 0 Å². The van der Waals surface area contributed by atoms with Gasteiger partial charge in [0, 0.05) is 0 Å². The van der Waals surface area contributed by atoms with Gasteiger partial charge in [0.25, 0.3) is 0 Å². The van der Waals surface area contributed by atoms with Gasteiger partial charge in [0.05, 0.1) is 28.2 Å². The Kier molecular flexibility index (Phi) is 5.82. The van der Waals surface area contributed by atoms with Crippen LogP contribution in [-0.4, -0.2) is 27.1 Å². The van der Waals surface area contributed by atoms with Gasteiger partial charge in [-0.2, -0.15) is 13.2 Å². The van der Waals surface area contributed by atoms with Crippen LogP contribution in [0, 0.1) is 0 Å². The maximum absolute atomic E-state index is 12.6. The molecule has 0 unspecified atom stereocenters. The maximum atomic E-state index is 12.6. The van der Waals surface area contributed by atoms with Crippen molar-refractivity contribution in [2.24, 2.45) is 0 Å². The van der Waals surface area contributed by atoms with Gasteiger partial charge in [-0.25, -0.2) is 8.42 Å². The van der Waals surface area contributed by atoms with Crippen molar-refractivity contribution in [1.82, 2.24) is 0 Å². The number of sulfonamides is 1. The fraction of sp³-hybridized carbons (Fsp3) is 0.188. The summed E-state index contributed by atoms with van der Waals surface area (Å²) in [5.41, 5.74) is -0.690. The van der Waals surface area contributed by atoms with Gasteiger partial charge in [0.1, 0.15) is 6.54 Å². The monoisotopic (exact) mass is 406 g/mol. The Balaban J connectivity index is 2.23. The lowest BCUT2D eigenvalue weighted by atomic mass is 10.2. The molecule has 0 spiro atoms. The number of benzene rings is 2. The Morgan fingerprint density at radius 2 is 1.69 bits per heavy atom. The van der Waals surface area contributed by atoms with Crippen molar-refractivity contribution in [3.8, 4) is 0 Å². The van der Waals surface area contributed by atoms with Crippen molar-refractivity contribution >= 4 is 38.9 Å². The molecule has 0 radical (unpaired) electrons. The molecular weight excluding hydrogens is 393 g/mol. The van der Waals surface area contributed by atoms with E-state index in [4.69, 9.17) is 11.6 Å². The van der Waals surface area contributed by atoms with E-state index >= 15 is 0 Å². The van der Waals surface area contributed by atoms with E-state index in [0.29, 0.717) is 9.99 Å². The Labute approximate surface area is 153 Å². The first-order chi connectivity index (χ1) is 12.0. The van der Waals surface area contributed by atoms with Crippen molar-refractivity contribution in [1.29, 1.82) is 0 Å². The van der Waals surface area contributed by atoms with Crippen LogP contribution in [0.15, 0.2) is 48.5 Å². The molecular formula is C16H14ClF3N2O3S. The number of carbonyl (C=O) groups is 1. The highest BCUT2D eigenvalue weighted by molar-refractivity contribution is 7.92. The van der Waals surface area contributed by atoms with Gasteiger partial charge in [-0.05, 0) is 36.4 Å². The number of nitrogens with zero attached hydrogens (tertiary/aromatic N) is 1. The molecule has 0 bridgehead atoms. The van der Waals surface area contributed by atoms with Crippen LogP contribution in [0.2, 0.25) is 5.02 Å². The topological polar surface area (TPSA) is 66.5 Å². The van der Waals surface area contributed by atoms with Crippen LogP contribution in [0.1, 0.15) is 5.56 Å². The quantitative estimate of drug-likeness (QED) is 0.822. The van der Waals surface area contributed by atoms with Gasteiger partial charge in [0.15, 0.2) is 0 Å². The van der Waals surface area contributed by atoms with Crippen molar-refractivity contribution in [2.45, 2.75) is 6.18 Å². The molecule has 0 aliphatic heterocycles. The van der Waals surface area contributed by atoms with Crippen molar-refractivity contribution in [3.63, 3.8) is 0 Å². The number of nitrogens with one attached hydrogen (secondary N) is 1. The summed E-state index contributed by atoms with van der Waals surface area (Å²) in [5, 5.41) is 2.73. The van der Waals surface area contributed by atoms with Crippen molar-refractivity contribution < 1.29 is 26.4 Å². The number of carbonyl (C=O) groups excluding carboxylic acids is 1. The van der Waals surface area contributed by atoms with Crippen LogP contribution < -0.4 is 9.62 Å². The lowest BCUT2D eigenvalue weighted by molar-refractivity contribution is -0.137. The summed E-state index contributed by atoms with van der Waals surface area (Å²) in [5.74, 6) is -0.691. The Bertz CT molecular complexity index is 900. The molecule has 26 heavy (non-hydrogen) atoms. The molecule has 2 aromatic carbocycles. The number of anilines is 2. The van der Waals surface area contributed by atoms with E-state index in [9.17, 15) is 26.4 Å². The average Bonchev–Trinajstić information content (AvgIpc) is 2.53. The first kappa shape index (κ1) is 20.1. The number of halogens is 4. The molecule has 0 saturated heterocycles. The fourth-order valence-electron chi connectivity index (χ4n) is 2.10. The van der Waals surface area contributed by atoms with E-state index in [-0.39, 0.29) is 10.7 Å². The standard InChI is InChI=1S/C16H14ClF3N2O3S/c1-26(24,25)22(12-8-6-11(7-9-12)16(18,19)20)10-15(23)21-14-5-3-2-4-13(14)17/h2-9H,10H2,1H3,(H,21,23). The zero-order chi connectivity index (χ0) is 19.5. The Morgan fingerprint density at radius 1 is 1.12 bits per heavy atom. The highest BCUT2D eigenvalue weighted by Crippen LogP contribution is 2.31. The minimum Gasteiger partial charge on any atom is -0.323 e. The van der Waals surface area contributed by atoms with E-state index in [1.807, 2.05) is 0 Å². The minimum absolute atomic E-state index is 0.0604. The van der Waals surface area contributed by atoms with Gasteiger partial charge in [-0.1, -0.05) is 23.7 Å². The molecule has 0 aliphatic rings. The van der Waals surface area contributed by atoms with E-state index in [0.717, 1.165) is 30.5 Å². The van der Waals surface area contributed by atoms with E-state index in [1.54, 1.807) is 18.2 Å². The van der Waals surface area contributed by atoms with Gasteiger partial charge in [0.2, 0.25) is 15.9 Å². The van der Waals surface area contributed by atoms with E-state index < -0.39 is 34.2 Å². The van der Waals surface area contributed by atoms with Crippen LogP contribution in [-0.2, 0) is 21.0 Å². The molecule has 0 saturated carbocycles. The summed E-state index contributed by atoms with van der Waals surface area (Å²) in [6, 6.07) is 9.84. The van der Waals surface area contributed by atoms with E-state index in [1.165, 1.54) is 6.07 Å². The predicted octanol–water partition coefficient (Wildman–Crippen LogP) is 3.76. The van der Waals surface area contributed by atoms with Crippen LogP contribution >= 0.6 is 11.6 Å². The minimum atomic E-state index is -4.55. The van der Waals surface area contributed by atoms with Crippen molar-refractivity contribution in [3.05, 3.63) is 59.1 Å². The number of rotatable bonds is 5. The molecule has 10 heteroatoms. The molecule has 0 heterocycles. The maximum Gasteiger partial charge on any atom is 0.416 e. The third kappa shape index (κ3) is 5.12. The summed E-state index contributed by atoms with van der Waals surface area (Å²) in [4.78, 5) is 12.2. The number of para-hydroxylation sites is 1. The summed E-state index contributed by atoms with van der Waals surface area (Å²) in [6.45, 7) is -0.616. The number of alkyl halides is 3. The normalized spacial score (nSPS) is 11.9. The smallest absolute Gasteiger partial charge is 0.323 e. The first-order valence-electron chi connectivity index (χ1n) is 7.18. The summed E-state index contributed by atoms with van der Waals surface area (Å²) in [7, 11) is -3.91. The summed E-state index contributed by atoms with van der Waals surface area (Å²) >= 11 is 5.92. The predicted molar refractivity (Wildman–Crippen MR) is 93.7 cm³/mol. The molecule has 0 fully saturated rings. The zero-order valence-electron chi connectivity index (χ0n) is 13.4. The molecule has 140 valence electrons. The lowest BCUT2D eigenvalue weighted by Crippen LogP contribution is -2.37. The number of amides is 1. The second kappa shape index (κ2) is 7.55. The van der Waals surface area contributed by atoms with Gasteiger partial charge < -0.3 is 5.32 Å². The average molecular weight is 407 g/mol. The fourth-order valence-corrected chi connectivity index (χ4v) is 3.14. The van der Waals surface area contributed by atoms with Crippen LogP contribution in [0.5, 0.6) is 0 Å². The largest absolute Gasteiger partial charge is 0.416 e. The molecule has 0 aliphatic carbocycles. The first-order valence-corrected chi connectivity index (χ1v) is 9.40. The van der Waals surface area contributed by atoms with Gasteiger partial charge >= 0.3 is 6.18 Å². The van der Waals surface area contributed by atoms with Crippen LogP contribution in [0.4, 0.5) is 24.5 Å². The molecule has 5 nitrogen and oxygen atoms in total. The van der Waals surface area contributed by atoms with Crippen LogP contribution in [0.25, 0.3) is 0 Å². The molecule has 0 aromatic heterocycles. The SMILES string of the molecule is CS(=O)(=O)N(CC(=O)Nc1ccccc1Cl)c1ccc(C(F)(F)F)cc1. The molecule has 0 atom stereocenters. The third-order valence-corrected chi connectivity index (χ3v) is 4.79. The zero-order valence-corrected chi connectivity index (χ0v) is 15.0. The molecule has 1 amide bonds. The number of hydrogen-bond donors (Lipinski definition) is 1. The lowest BCUT2D eigenvalue weighted by Gasteiger charge is -2.22. The van der Waals surface area contributed by atoms with Gasteiger partial charge in [-0.3, -0.25) is 9.10 Å². The molecule has 1 N–H and O–H groups in total. The second-order valence-corrected chi connectivity index (χ2v) is 7.66. The second-order valence-electron chi connectivity index (χ2n) is 5.34. The Morgan fingerprint density at radius 3 is 2.19 bits per heavy atom.